The lowest BCUT2D eigenvalue weighted by molar-refractivity contribution is -0.135. The minimum atomic E-state index is -3.25. The summed E-state index contributed by atoms with van der Waals surface area (Å²) in [6, 6.07) is 9.15. The molecule has 23 heavy (non-hydrogen) atoms. The van der Waals surface area contributed by atoms with Gasteiger partial charge in [-0.25, -0.2) is 12.7 Å². The van der Waals surface area contributed by atoms with Crippen LogP contribution in [0.2, 0.25) is 0 Å². The maximum Gasteiger partial charge on any atom is 0.227 e. The van der Waals surface area contributed by atoms with Gasteiger partial charge in [0.15, 0.2) is 0 Å². The van der Waals surface area contributed by atoms with E-state index in [1.54, 1.807) is 24.1 Å². The van der Waals surface area contributed by atoms with Crippen molar-refractivity contribution in [2.45, 2.75) is 19.4 Å². The molecule has 1 saturated heterocycles. The zero-order valence-electron chi connectivity index (χ0n) is 13.4. The topological polar surface area (TPSA) is 81.5 Å². The zero-order valence-corrected chi connectivity index (χ0v) is 14.2. The van der Waals surface area contributed by atoms with E-state index in [1.165, 1.54) is 10.6 Å². The van der Waals surface area contributed by atoms with Crippen molar-refractivity contribution in [1.82, 2.24) is 9.21 Å². The van der Waals surface area contributed by atoms with Crippen LogP contribution in [0.15, 0.2) is 24.3 Å². The predicted molar refractivity (Wildman–Crippen MR) is 86.8 cm³/mol. The van der Waals surface area contributed by atoms with E-state index in [0.717, 1.165) is 5.56 Å². The van der Waals surface area contributed by atoms with Gasteiger partial charge in [-0.3, -0.25) is 4.79 Å². The monoisotopic (exact) mass is 335 g/mol. The van der Waals surface area contributed by atoms with E-state index < -0.39 is 10.0 Å². The van der Waals surface area contributed by atoms with Crippen molar-refractivity contribution in [3.05, 3.63) is 35.4 Å². The molecule has 0 radical (unpaired) electrons. The Hall–Kier alpha value is -1.91. The minimum Gasteiger partial charge on any atom is -0.341 e. The summed E-state index contributed by atoms with van der Waals surface area (Å²) in [5.41, 5.74) is 1.52. The van der Waals surface area contributed by atoms with E-state index in [9.17, 15) is 13.2 Å². The number of carbonyl (C=O) groups excluding carboxylic acids is 1. The van der Waals surface area contributed by atoms with Crippen LogP contribution < -0.4 is 0 Å². The van der Waals surface area contributed by atoms with Crippen molar-refractivity contribution in [2.24, 2.45) is 5.92 Å². The first-order valence-electron chi connectivity index (χ1n) is 7.50. The van der Waals surface area contributed by atoms with Crippen LogP contribution in [0, 0.1) is 17.2 Å². The maximum absolute atomic E-state index is 12.6. The third-order valence-corrected chi connectivity index (χ3v) is 5.35. The summed E-state index contributed by atoms with van der Waals surface area (Å²) in [4.78, 5) is 14.2. The lowest BCUT2D eigenvalue weighted by Crippen LogP contribution is -2.45. The Labute approximate surface area is 137 Å². The lowest BCUT2D eigenvalue weighted by Gasteiger charge is -2.32. The van der Waals surface area contributed by atoms with E-state index in [-0.39, 0.29) is 18.4 Å². The molecule has 0 bridgehead atoms. The molecule has 6 nitrogen and oxygen atoms in total. The molecule has 0 spiro atoms. The fourth-order valence-corrected chi connectivity index (χ4v) is 3.70. The Morgan fingerprint density at radius 3 is 2.61 bits per heavy atom. The number of nitriles is 1. The molecule has 1 aliphatic heterocycles. The summed E-state index contributed by atoms with van der Waals surface area (Å²) in [5.74, 6) is -0.329. The Morgan fingerprint density at radius 1 is 1.39 bits per heavy atom. The number of rotatable bonds is 4. The van der Waals surface area contributed by atoms with Crippen LogP contribution in [-0.2, 0) is 21.4 Å². The number of carbonyl (C=O) groups is 1. The van der Waals surface area contributed by atoms with Gasteiger partial charge in [0.2, 0.25) is 15.9 Å². The summed E-state index contributed by atoms with van der Waals surface area (Å²) in [5, 5.41) is 8.79. The fraction of sp³-hybridized carbons (Fsp3) is 0.500. The molecule has 1 amide bonds. The Kier molecular flexibility index (Phi) is 5.39. The van der Waals surface area contributed by atoms with Crippen molar-refractivity contribution in [1.29, 1.82) is 5.26 Å². The van der Waals surface area contributed by atoms with E-state index in [2.05, 4.69) is 6.07 Å². The first-order chi connectivity index (χ1) is 10.8. The number of amides is 1. The standard InChI is InChI=1S/C16H21N3O3S/c1-18(11-14-7-5-13(10-17)6-8-14)16(20)15-4-3-9-19(12-15)23(2,21)22/h5-8,15H,3-4,9,11-12H2,1-2H3. The van der Waals surface area contributed by atoms with Gasteiger partial charge in [0, 0.05) is 26.7 Å². The SMILES string of the molecule is CN(Cc1ccc(C#N)cc1)C(=O)C1CCCN(S(C)(=O)=O)C1. The summed E-state index contributed by atoms with van der Waals surface area (Å²) in [6.45, 7) is 1.19. The van der Waals surface area contributed by atoms with Crippen molar-refractivity contribution in [2.75, 3.05) is 26.4 Å². The highest BCUT2D eigenvalue weighted by Gasteiger charge is 2.31. The molecule has 1 aromatic rings. The number of piperidine rings is 1. The fourth-order valence-electron chi connectivity index (χ4n) is 2.79. The second-order valence-corrected chi connectivity index (χ2v) is 7.95. The first-order valence-corrected chi connectivity index (χ1v) is 9.35. The van der Waals surface area contributed by atoms with Crippen molar-refractivity contribution in [3.8, 4) is 6.07 Å². The van der Waals surface area contributed by atoms with Gasteiger partial charge in [-0.05, 0) is 30.5 Å². The van der Waals surface area contributed by atoms with Crippen molar-refractivity contribution in [3.63, 3.8) is 0 Å². The van der Waals surface area contributed by atoms with Crippen LogP contribution in [0.25, 0.3) is 0 Å². The van der Waals surface area contributed by atoms with Gasteiger partial charge in [0.1, 0.15) is 0 Å². The van der Waals surface area contributed by atoms with E-state index >= 15 is 0 Å². The first kappa shape index (κ1) is 17.4. The van der Waals surface area contributed by atoms with Gasteiger partial charge in [-0.1, -0.05) is 12.1 Å². The van der Waals surface area contributed by atoms with E-state index in [0.29, 0.717) is 31.5 Å². The number of nitrogens with zero attached hydrogens (tertiary/aromatic N) is 3. The third-order valence-electron chi connectivity index (χ3n) is 4.08. The highest BCUT2D eigenvalue weighted by molar-refractivity contribution is 7.88. The van der Waals surface area contributed by atoms with Gasteiger partial charge >= 0.3 is 0 Å². The smallest absolute Gasteiger partial charge is 0.227 e. The Bertz CT molecular complexity index is 707. The molecule has 1 unspecified atom stereocenters. The van der Waals surface area contributed by atoms with Crippen LogP contribution in [0.3, 0.4) is 0 Å². The molecule has 1 heterocycles. The summed E-state index contributed by atoms with van der Waals surface area (Å²) >= 11 is 0. The van der Waals surface area contributed by atoms with Crippen LogP contribution in [0.1, 0.15) is 24.0 Å². The molecule has 124 valence electrons. The minimum absolute atomic E-state index is 0.0392. The van der Waals surface area contributed by atoms with Crippen molar-refractivity contribution >= 4 is 15.9 Å². The normalized spacial score (nSPS) is 19.1. The second-order valence-electron chi connectivity index (χ2n) is 5.96. The summed E-state index contributed by atoms with van der Waals surface area (Å²) < 4.78 is 24.7. The number of sulfonamides is 1. The van der Waals surface area contributed by atoms with Crippen molar-refractivity contribution < 1.29 is 13.2 Å². The quantitative estimate of drug-likeness (QED) is 0.827. The number of hydrogen-bond donors (Lipinski definition) is 0. The molecule has 1 aliphatic rings. The average molecular weight is 335 g/mol. The second kappa shape index (κ2) is 7.11. The molecular weight excluding hydrogens is 314 g/mol. The molecule has 1 atom stereocenters. The van der Waals surface area contributed by atoms with Crippen LogP contribution in [0.5, 0.6) is 0 Å². The number of benzene rings is 1. The number of hydrogen-bond acceptors (Lipinski definition) is 4. The van der Waals surface area contributed by atoms with Crippen LogP contribution >= 0.6 is 0 Å². The van der Waals surface area contributed by atoms with Gasteiger partial charge in [-0.15, -0.1) is 0 Å². The molecular formula is C16H21N3O3S. The zero-order chi connectivity index (χ0) is 17.0. The van der Waals surface area contributed by atoms with Gasteiger partial charge in [-0.2, -0.15) is 5.26 Å². The largest absolute Gasteiger partial charge is 0.341 e. The molecule has 0 aromatic heterocycles. The Morgan fingerprint density at radius 2 is 2.04 bits per heavy atom. The lowest BCUT2D eigenvalue weighted by atomic mass is 9.98. The van der Waals surface area contributed by atoms with Crippen LogP contribution in [-0.4, -0.2) is 49.9 Å². The molecule has 0 saturated carbocycles. The van der Waals surface area contributed by atoms with Gasteiger partial charge < -0.3 is 4.90 Å². The predicted octanol–water partition coefficient (Wildman–Crippen LogP) is 1.19. The summed E-state index contributed by atoms with van der Waals surface area (Å²) in [6.07, 6.45) is 2.59. The summed E-state index contributed by atoms with van der Waals surface area (Å²) in [7, 11) is -1.53. The molecule has 7 heteroatoms. The van der Waals surface area contributed by atoms with E-state index in [1.807, 2.05) is 12.1 Å². The van der Waals surface area contributed by atoms with Crippen LogP contribution in [0.4, 0.5) is 0 Å². The molecule has 1 fully saturated rings. The van der Waals surface area contributed by atoms with Gasteiger partial charge in [0.05, 0.1) is 23.8 Å². The molecule has 1 aromatic carbocycles. The molecule has 2 rings (SSSR count). The molecule has 0 aliphatic carbocycles. The molecule has 0 N–H and O–H groups in total. The van der Waals surface area contributed by atoms with Gasteiger partial charge in [0.25, 0.3) is 0 Å². The average Bonchev–Trinajstić information content (AvgIpc) is 2.54. The highest BCUT2D eigenvalue weighted by Crippen LogP contribution is 2.21. The maximum atomic E-state index is 12.6. The third kappa shape index (κ3) is 4.53. The van der Waals surface area contributed by atoms with E-state index in [4.69, 9.17) is 5.26 Å². The Balaban J connectivity index is 2.00. The highest BCUT2D eigenvalue weighted by atomic mass is 32.2.